The van der Waals surface area contributed by atoms with Crippen LogP contribution in [0.5, 0.6) is 5.75 Å². The third-order valence-corrected chi connectivity index (χ3v) is 6.11. The van der Waals surface area contributed by atoms with Gasteiger partial charge in [-0.1, -0.05) is 17.7 Å². The molecule has 182 valence electrons. The molecule has 0 spiro atoms. The van der Waals surface area contributed by atoms with Crippen LogP contribution in [0.15, 0.2) is 54.6 Å². The summed E-state index contributed by atoms with van der Waals surface area (Å²) in [5, 5.41) is 0. The standard InChI is InChI=1S/C26H25F2N3O4/c1-15-5-7-20(8-6-15)31-18(4)24(33)29(26(31)34)14-23(32)22-13-16(2)30(17(22)3)19-9-11-21(12-10-19)35-25(27)28/h5-13,18,25H,14H2,1-4H3/t18-/m0/s1. The Balaban J connectivity index is 1.56. The minimum Gasteiger partial charge on any atom is -0.435 e. The highest BCUT2D eigenvalue weighted by Crippen LogP contribution is 2.28. The van der Waals surface area contributed by atoms with E-state index in [0.717, 1.165) is 16.2 Å². The summed E-state index contributed by atoms with van der Waals surface area (Å²) in [6.45, 7) is 3.82. The summed E-state index contributed by atoms with van der Waals surface area (Å²) in [5.74, 6) is -0.783. The maximum Gasteiger partial charge on any atom is 0.387 e. The Labute approximate surface area is 201 Å². The SMILES string of the molecule is Cc1ccc(N2C(=O)N(CC(=O)c3cc(C)n(-c4ccc(OC(F)F)cc4)c3C)C(=O)[C@@H]2C)cc1. The van der Waals surface area contributed by atoms with Crippen LogP contribution in [0.1, 0.15) is 34.2 Å². The van der Waals surface area contributed by atoms with Crippen LogP contribution in [-0.4, -0.2) is 46.4 Å². The molecule has 2 aromatic carbocycles. The number of carbonyl (C=O) groups excluding carboxylic acids is 3. The largest absolute Gasteiger partial charge is 0.435 e. The third kappa shape index (κ3) is 4.53. The second-order valence-electron chi connectivity index (χ2n) is 8.50. The molecule has 4 rings (SSSR count). The number of rotatable bonds is 7. The number of aryl methyl sites for hydroxylation is 2. The molecule has 0 saturated carbocycles. The lowest BCUT2D eigenvalue weighted by Gasteiger charge is -2.19. The number of Topliss-reactive ketones (excluding diaryl/α,β-unsaturated/α-hetero) is 1. The quantitative estimate of drug-likeness (QED) is 0.350. The van der Waals surface area contributed by atoms with E-state index in [1.165, 1.54) is 17.0 Å². The van der Waals surface area contributed by atoms with Gasteiger partial charge in [-0.2, -0.15) is 8.78 Å². The number of benzene rings is 2. The highest BCUT2D eigenvalue weighted by atomic mass is 19.3. The molecule has 0 aliphatic carbocycles. The number of hydrogen-bond donors (Lipinski definition) is 0. The number of alkyl halides is 2. The van der Waals surface area contributed by atoms with E-state index in [4.69, 9.17) is 0 Å². The number of urea groups is 1. The molecular weight excluding hydrogens is 456 g/mol. The van der Waals surface area contributed by atoms with Crippen molar-refractivity contribution < 1.29 is 27.9 Å². The number of anilines is 1. The summed E-state index contributed by atoms with van der Waals surface area (Å²) in [4.78, 5) is 41.5. The number of carbonyl (C=O) groups is 3. The number of ketones is 1. The van der Waals surface area contributed by atoms with Gasteiger partial charge in [-0.15, -0.1) is 0 Å². The van der Waals surface area contributed by atoms with E-state index >= 15 is 0 Å². The van der Waals surface area contributed by atoms with E-state index in [-0.39, 0.29) is 18.1 Å². The smallest absolute Gasteiger partial charge is 0.387 e. The summed E-state index contributed by atoms with van der Waals surface area (Å²) in [5.41, 5.74) is 4.00. The summed E-state index contributed by atoms with van der Waals surface area (Å²) in [6, 6.07) is 13.7. The first kappa shape index (κ1) is 24.1. The van der Waals surface area contributed by atoms with Crippen molar-refractivity contribution in [2.24, 2.45) is 0 Å². The van der Waals surface area contributed by atoms with Gasteiger partial charge >= 0.3 is 12.6 Å². The molecule has 1 fully saturated rings. The van der Waals surface area contributed by atoms with Crippen LogP contribution in [0.25, 0.3) is 5.69 Å². The Morgan fingerprint density at radius 3 is 2.17 bits per heavy atom. The van der Waals surface area contributed by atoms with Gasteiger partial charge in [0, 0.05) is 28.3 Å². The maximum absolute atomic E-state index is 13.2. The summed E-state index contributed by atoms with van der Waals surface area (Å²) in [6.07, 6.45) is 0. The van der Waals surface area contributed by atoms with Gasteiger partial charge in [-0.25, -0.2) is 4.79 Å². The molecule has 2 heterocycles. The minimum absolute atomic E-state index is 0.0285. The second kappa shape index (κ2) is 9.32. The molecule has 0 radical (unpaired) electrons. The van der Waals surface area contributed by atoms with Crippen LogP contribution in [0.3, 0.4) is 0 Å². The topological polar surface area (TPSA) is 71.8 Å². The first-order valence-electron chi connectivity index (χ1n) is 11.1. The Morgan fingerprint density at radius 1 is 0.971 bits per heavy atom. The number of halogens is 2. The molecular formula is C26H25F2N3O4. The van der Waals surface area contributed by atoms with Crippen LogP contribution in [0, 0.1) is 20.8 Å². The first-order chi connectivity index (χ1) is 16.6. The zero-order valence-corrected chi connectivity index (χ0v) is 19.8. The van der Waals surface area contributed by atoms with Crippen molar-refractivity contribution in [1.29, 1.82) is 0 Å². The van der Waals surface area contributed by atoms with Crippen LogP contribution in [-0.2, 0) is 4.79 Å². The Hall–Kier alpha value is -4.01. The van der Waals surface area contributed by atoms with Gasteiger partial charge in [-0.3, -0.25) is 19.4 Å². The lowest BCUT2D eigenvalue weighted by Crippen LogP contribution is -2.37. The Bertz CT molecular complexity index is 1280. The maximum atomic E-state index is 13.2. The fraction of sp³-hybridized carbons (Fsp3) is 0.269. The van der Waals surface area contributed by atoms with Crippen LogP contribution in [0.2, 0.25) is 0 Å². The van der Waals surface area contributed by atoms with E-state index in [1.54, 1.807) is 55.7 Å². The van der Waals surface area contributed by atoms with Gasteiger partial charge in [-0.05, 0) is 70.2 Å². The van der Waals surface area contributed by atoms with Gasteiger partial charge in [0.2, 0.25) is 0 Å². The average Bonchev–Trinajstić information content (AvgIpc) is 3.22. The molecule has 3 amide bonds. The van der Waals surface area contributed by atoms with Crippen molar-refractivity contribution in [2.45, 2.75) is 40.3 Å². The van der Waals surface area contributed by atoms with Gasteiger partial charge in [0.1, 0.15) is 11.8 Å². The van der Waals surface area contributed by atoms with Gasteiger partial charge < -0.3 is 9.30 Å². The Kier molecular flexibility index (Phi) is 6.43. The zero-order valence-electron chi connectivity index (χ0n) is 19.8. The highest BCUT2D eigenvalue weighted by Gasteiger charge is 2.44. The summed E-state index contributed by atoms with van der Waals surface area (Å²) >= 11 is 0. The predicted molar refractivity (Wildman–Crippen MR) is 126 cm³/mol. The van der Waals surface area contributed by atoms with E-state index in [2.05, 4.69) is 4.74 Å². The molecule has 1 aliphatic rings. The normalized spacial score (nSPS) is 15.9. The van der Waals surface area contributed by atoms with Crippen molar-refractivity contribution in [3.63, 3.8) is 0 Å². The van der Waals surface area contributed by atoms with Gasteiger partial charge in [0.25, 0.3) is 5.91 Å². The second-order valence-corrected chi connectivity index (χ2v) is 8.50. The molecule has 0 bridgehead atoms. The molecule has 9 heteroatoms. The van der Waals surface area contributed by atoms with Crippen LogP contribution in [0.4, 0.5) is 19.3 Å². The van der Waals surface area contributed by atoms with Crippen molar-refractivity contribution in [2.75, 3.05) is 11.4 Å². The number of nitrogens with zero attached hydrogens (tertiary/aromatic N) is 3. The number of aromatic nitrogens is 1. The highest BCUT2D eigenvalue weighted by molar-refractivity contribution is 6.16. The fourth-order valence-corrected chi connectivity index (χ4v) is 4.36. The first-order valence-corrected chi connectivity index (χ1v) is 11.1. The number of amides is 3. The summed E-state index contributed by atoms with van der Waals surface area (Å²) in [7, 11) is 0. The molecule has 0 N–H and O–H groups in total. The average molecular weight is 481 g/mol. The third-order valence-electron chi connectivity index (χ3n) is 6.11. The van der Waals surface area contributed by atoms with Gasteiger partial charge in [0.15, 0.2) is 5.78 Å². The zero-order chi connectivity index (χ0) is 25.4. The van der Waals surface area contributed by atoms with Crippen molar-refractivity contribution >= 4 is 23.4 Å². The minimum atomic E-state index is -2.92. The monoisotopic (exact) mass is 481 g/mol. The molecule has 3 aromatic rings. The molecule has 0 unspecified atom stereocenters. The van der Waals surface area contributed by atoms with Crippen molar-refractivity contribution in [3.8, 4) is 11.4 Å². The van der Waals surface area contributed by atoms with E-state index < -0.39 is 24.6 Å². The van der Waals surface area contributed by atoms with Gasteiger partial charge in [0.05, 0.1) is 6.54 Å². The number of ether oxygens (including phenoxy) is 1. The fourth-order valence-electron chi connectivity index (χ4n) is 4.36. The molecule has 1 aromatic heterocycles. The van der Waals surface area contributed by atoms with E-state index in [0.29, 0.717) is 22.6 Å². The molecule has 7 nitrogen and oxygen atoms in total. The van der Waals surface area contributed by atoms with E-state index in [9.17, 15) is 23.2 Å². The van der Waals surface area contributed by atoms with Crippen molar-refractivity contribution in [3.05, 3.63) is 77.1 Å². The van der Waals surface area contributed by atoms with Crippen LogP contribution < -0.4 is 9.64 Å². The van der Waals surface area contributed by atoms with Crippen molar-refractivity contribution in [1.82, 2.24) is 9.47 Å². The molecule has 35 heavy (non-hydrogen) atoms. The number of imide groups is 1. The molecule has 1 saturated heterocycles. The molecule has 1 aliphatic heterocycles. The summed E-state index contributed by atoms with van der Waals surface area (Å²) < 4.78 is 31.0. The predicted octanol–water partition coefficient (Wildman–Crippen LogP) is 5.04. The Morgan fingerprint density at radius 2 is 1.57 bits per heavy atom. The lowest BCUT2D eigenvalue weighted by molar-refractivity contribution is -0.126. The molecule has 1 atom stereocenters. The lowest BCUT2D eigenvalue weighted by atomic mass is 10.1. The number of hydrogen-bond acceptors (Lipinski definition) is 4. The van der Waals surface area contributed by atoms with Crippen LogP contribution >= 0.6 is 0 Å². The van der Waals surface area contributed by atoms with E-state index in [1.807, 2.05) is 19.1 Å².